The summed E-state index contributed by atoms with van der Waals surface area (Å²) in [5.74, 6) is 2.29. The number of allylic oxidation sites excluding steroid dienone is 2. The van der Waals surface area contributed by atoms with Crippen LogP contribution >= 0.6 is 0 Å². The van der Waals surface area contributed by atoms with Gasteiger partial charge in [0.25, 0.3) is 0 Å². The maximum atomic E-state index is 6.07. The van der Waals surface area contributed by atoms with Gasteiger partial charge >= 0.3 is 0 Å². The number of hydrogen-bond acceptors (Lipinski definition) is 5. The van der Waals surface area contributed by atoms with E-state index in [1.165, 1.54) is 25.7 Å². The van der Waals surface area contributed by atoms with Crippen molar-refractivity contribution < 1.29 is 23.7 Å². The van der Waals surface area contributed by atoms with E-state index >= 15 is 0 Å². The first-order valence-corrected chi connectivity index (χ1v) is 18.1. The highest BCUT2D eigenvalue weighted by atomic mass is 16.6. The van der Waals surface area contributed by atoms with Gasteiger partial charge in [0.15, 0.2) is 0 Å². The van der Waals surface area contributed by atoms with Crippen LogP contribution < -0.4 is 0 Å². The van der Waals surface area contributed by atoms with Crippen LogP contribution in [0.4, 0.5) is 0 Å². The van der Waals surface area contributed by atoms with Crippen LogP contribution in [0.3, 0.4) is 0 Å². The summed E-state index contributed by atoms with van der Waals surface area (Å²) in [6.07, 6.45) is 19.6. The highest BCUT2D eigenvalue weighted by Crippen LogP contribution is 2.14. The monoisotopic (exact) mass is 657 g/mol. The molecule has 0 rings (SSSR count). The van der Waals surface area contributed by atoms with Crippen molar-refractivity contribution in [2.45, 2.75) is 98.5 Å². The van der Waals surface area contributed by atoms with E-state index in [0.29, 0.717) is 75.8 Å². The van der Waals surface area contributed by atoms with Crippen LogP contribution in [-0.2, 0) is 23.7 Å². The van der Waals surface area contributed by atoms with Gasteiger partial charge in [-0.1, -0.05) is 79.3 Å². The molecule has 0 aromatic heterocycles. The fourth-order valence-corrected chi connectivity index (χ4v) is 4.59. The molecule has 0 saturated carbocycles. The molecule has 5 unspecified atom stereocenters. The Morgan fingerprint density at radius 3 is 1.19 bits per heavy atom. The van der Waals surface area contributed by atoms with Crippen molar-refractivity contribution in [3.63, 3.8) is 0 Å². The minimum absolute atomic E-state index is 0.104. The van der Waals surface area contributed by atoms with Crippen LogP contribution in [-0.4, -0.2) is 65.6 Å². The zero-order valence-electron chi connectivity index (χ0n) is 31.2. The van der Waals surface area contributed by atoms with Crippen molar-refractivity contribution in [3.8, 4) is 0 Å². The summed E-state index contributed by atoms with van der Waals surface area (Å²) >= 11 is 0. The number of rotatable bonds is 32. The van der Waals surface area contributed by atoms with E-state index < -0.39 is 0 Å². The Bertz CT molecular complexity index is 806. The van der Waals surface area contributed by atoms with Crippen molar-refractivity contribution in [2.24, 2.45) is 29.6 Å². The molecule has 0 heterocycles. The zero-order chi connectivity index (χ0) is 35.4. The average molecular weight is 657 g/mol. The van der Waals surface area contributed by atoms with E-state index in [1.54, 1.807) is 0 Å². The highest BCUT2D eigenvalue weighted by molar-refractivity contribution is 4.85. The second kappa shape index (κ2) is 36.7. The molecule has 0 saturated heterocycles. The maximum Gasteiger partial charge on any atom is 0.104 e. The van der Waals surface area contributed by atoms with E-state index in [-0.39, 0.29) is 6.10 Å². The molecular formula is C42H72O5. The third kappa shape index (κ3) is 29.7. The standard InChI is InChI=1S/C24H38O3.C18H34O2/c1-7-13-21(10-4)16-25-19-24(27-18-23(12-6)15-9-3)20-26-17-22(11-5)14-8-2;1-5-9-11-17(7-3)15-19-13-14-20-16-18(8-4)12-10-6-2/h13-15,21-24H,1-3,10-12,16-20H2,4-6H3;5-6,17-18H,1-2,7-16H2,3-4H3. The van der Waals surface area contributed by atoms with Crippen molar-refractivity contribution in [3.05, 3.63) is 80.5 Å². The largest absolute Gasteiger partial charge is 0.379 e. The summed E-state index contributed by atoms with van der Waals surface area (Å²) in [5.41, 5.74) is 8.53. The molecule has 0 aliphatic heterocycles. The van der Waals surface area contributed by atoms with Gasteiger partial charge in [-0.25, -0.2) is 0 Å². The second-order valence-corrected chi connectivity index (χ2v) is 12.1. The minimum atomic E-state index is -0.104. The van der Waals surface area contributed by atoms with Crippen LogP contribution in [0.1, 0.15) is 92.4 Å². The molecule has 0 radical (unpaired) electrons. The van der Waals surface area contributed by atoms with Crippen LogP contribution in [0.15, 0.2) is 80.5 Å². The highest BCUT2D eigenvalue weighted by Gasteiger charge is 2.15. The lowest BCUT2D eigenvalue weighted by Crippen LogP contribution is -2.29. The molecule has 5 atom stereocenters. The second-order valence-electron chi connectivity index (χ2n) is 12.1. The van der Waals surface area contributed by atoms with Crippen molar-refractivity contribution in [1.29, 1.82) is 0 Å². The molecule has 0 amide bonds. The summed E-state index contributed by atoms with van der Waals surface area (Å²) < 4.78 is 29.3. The van der Waals surface area contributed by atoms with Gasteiger partial charge < -0.3 is 23.7 Å². The third-order valence-electron chi connectivity index (χ3n) is 8.24. The summed E-state index contributed by atoms with van der Waals surface area (Å²) in [7, 11) is 0. The maximum absolute atomic E-state index is 6.07. The van der Waals surface area contributed by atoms with Gasteiger partial charge in [-0.05, 0) is 75.0 Å². The van der Waals surface area contributed by atoms with Crippen LogP contribution in [0.2, 0.25) is 0 Å². The summed E-state index contributed by atoms with van der Waals surface area (Å²) in [4.78, 5) is 0. The lowest BCUT2D eigenvalue weighted by atomic mass is 10.0. The Morgan fingerprint density at radius 2 is 0.872 bits per heavy atom. The smallest absolute Gasteiger partial charge is 0.104 e. The summed E-state index contributed by atoms with van der Waals surface area (Å²) in [6.45, 7) is 35.3. The molecule has 0 fully saturated rings. The van der Waals surface area contributed by atoms with Gasteiger partial charge in [0.1, 0.15) is 6.10 Å². The van der Waals surface area contributed by atoms with Crippen molar-refractivity contribution in [2.75, 3.05) is 59.5 Å². The first kappa shape index (κ1) is 47.0. The first-order valence-electron chi connectivity index (χ1n) is 18.1. The van der Waals surface area contributed by atoms with Gasteiger partial charge in [0, 0.05) is 31.0 Å². The molecule has 0 aliphatic rings. The summed E-state index contributed by atoms with van der Waals surface area (Å²) in [6, 6.07) is 0. The Hall–Kier alpha value is -2.16. The fourth-order valence-electron chi connectivity index (χ4n) is 4.59. The molecule has 0 aliphatic carbocycles. The molecule has 270 valence electrons. The lowest BCUT2D eigenvalue weighted by molar-refractivity contribution is -0.0715. The van der Waals surface area contributed by atoms with E-state index in [9.17, 15) is 0 Å². The molecule has 5 heteroatoms. The minimum Gasteiger partial charge on any atom is -0.379 e. The Balaban J connectivity index is 0. The fraction of sp³-hybridized carbons (Fsp3) is 0.690. The molecule has 47 heavy (non-hydrogen) atoms. The van der Waals surface area contributed by atoms with Gasteiger partial charge in [0.05, 0.1) is 46.2 Å². The Morgan fingerprint density at radius 1 is 0.489 bits per heavy atom. The van der Waals surface area contributed by atoms with E-state index in [2.05, 4.69) is 84.7 Å². The Labute approximate surface area is 291 Å². The lowest BCUT2D eigenvalue weighted by Gasteiger charge is -2.22. The molecule has 0 bridgehead atoms. The van der Waals surface area contributed by atoms with E-state index in [4.69, 9.17) is 23.7 Å². The van der Waals surface area contributed by atoms with Crippen molar-refractivity contribution >= 4 is 0 Å². The van der Waals surface area contributed by atoms with Crippen molar-refractivity contribution in [1.82, 2.24) is 0 Å². The molecule has 5 nitrogen and oxygen atoms in total. The van der Waals surface area contributed by atoms with Crippen LogP contribution in [0.5, 0.6) is 0 Å². The topological polar surface area (TPSA) is 46.2 Å². The molecule has 0 N–H and O–H groups in total. The quantitative estimate of drug-likeness (QED) is 0.0410. The normalized spacial score (nSPS) is 14.4. The van der Waals surface area contributed by atoms with Gasteiger partial charge in [0.2, 0.25) is 0 Å². The third-order valence-corrected chi connectivity index (χ3v) is 8.24. The van der Waals surface area contributed by atoms with E-state index in [0.717, 1.165) is 45.3 Å². The SMILES string of the molecule is C=C=CC(CC)COCC(COCC(C=C=C)CC)OCC(C=C=C)CC.C=CCCC(CC)COCCOCC(CC)CCC=C. The average Bonchev–Trinajstić information content (AvgIpc) is 3.09. The predicted molar refractivity (Wildman–Crippen MR) is 202 cm³/mol. The predicted octanol–water partition coefficient (Wildman–Crippen LogP) is 10.5. The van der Waals surface area contributed by atoms with Crippen LogP contribution in [0, 0.1) is 29.6 Å². The molecule has 0 aromatic carbocycles. The number of ether oxygens (including phenoxy) is 5. The van der Waals surface area contributed by atoms with Gasteiger partial charge in [-0.2, -0.15) is 0 Å². The van der Waals surface area contributed by atoms with Crippen LogP contribution in [0.25, 0.3) is 0 Å². The molecule has 0 spiro atoms. The van der Waals surface area contributed by atoms with E-state index in [1.807, 2.05) is 30.4 Å². The summed E-state index contributed by atoms with van der Waals surface area (Å²) in [5, 5.41) is 0. The van der Waals surface area contributed by atoms with Gasteiger partial charge in [-0.3, -0.25) is 0 Å². The van der Waals surface area contributed by atoms with Gasteiger partial charge in [-0.15, -0.1) is 30.4 Å². The molecular weight excluding hydrogens is 584 g/mol. The zero-order valence-corrected chi connectivity index (χ0v) is 31.2. The molecule has 0 aromatic rings. The Kier molecular flexibility index (Phi) is 36.6. The first-order chi connectivity index (χ1) is 22.9. The number of hydrogen-bond donors (Lipinski definition) is 0.